The highest BCUT2D eigenvalue weighted by atomic mass is 16.3. The molecule has 0 atom stereocenters. The molecular weight excluding hydrogens is 200 g/mol. The molecule has 1 aromatic heterocycles. The van der Waals surface area contributed by atoms with E-state index < -0.39 is 0 Å². The Kier molecular flexibility index (Phi) is 2.79. The normalized spacial score (nSPS) is 11.7. The van der Waals surface area contributed by atoms with Crippen molar-refractivity contribution in [2.24, 2.45) is 0 Å². The molecule has 84 valence electrons. The molecule has 1 heterocycles. The lowest BCUT2D eigenvalue weighted by Gasteiger charge is -2.25. The van der Waals surface area contributed by atoms with Crippen LogP contribution in [0.5, 0.6) is 0 Å². The molecule has 2 rings (SSSR count). The van der Waals surface area contributed by atoms with Crippen LogP contribution < -0.4 is 0 Å². The van der Waals surface area contributed by atoms with E-state index in [4.69, 9.17) is 0 Å². The van der Waals surface area contributed by atoms with Gasteiger partial charge in [0.2, 0.25) is 0 Å². The van der Waals surface area contributed by atoms with Crippen LogP contribution in [0.4, 0.5) is 0 Å². The van der Waals surface area contributed by atoms with Gasteiger partial charge in [0.05, 0.1) is 12.3 Å². The van der Waals surface area contributed by atoms with Crippen molar-refractivity contribution in [3.8, 4) is 5.69 Å². The van der Waals surface area contributed by atoms with E-state index in [1.54, 1.807) is 6.20 Å². The Morgan fingerprint density at radius 3 is 2.62 bits per heavy atom. The second-order valence-electron chi connectivity index (χ2n) is 4.51. The summed E-state index contributed by atoms with van der Waals surface area (Å²) in [4.78, 5) is 0. The average Bonchev–Trinajstić information content (AvgIpc) is 2.82. The van der Waals surface area contributed by atoms with Crippen molar-refractivity contribution in [2.45, 2.75) is 19.3 Å². The average molecular weight is 216 g/mol. The third-order valence-corrected chi connectivity index (χ3v) is 2.78. The predicted molar refractivity (Wildman–Crippen MR) is 63.7 cm³/mol. The van der Waals surface area contributed by atoms with Crippen molar-refractivity contribution in [1.29, 1.82) is 0 Å². The lowest BCUT2D eigenvalue weighted by atomic mass is 9.84. The maximum Gasteiger partial charge on any atom is 0.0683 e. The first-order valence-corrected chi connectivity index (χ1v) is 5.35. The van der Waals surface area contributed by atoms with E-state index in [1.807, 2.05) is 55.1 Å². The first-order valence-electron chi connectivity index (χ1n) is 5.35. The van der Waals surface area contributed by atoms with Gasteiger partial charge in [0.25, 0.3) is 0 Å². The Labute approximate surface area is 95.3 Å². The van der Waals surface area contributed by atoms with Crippen molar-refractivity contribution in [1.82, 2.24) is 9.78 Å². The van der Waals surface area contributed by atoms with E-state index in [0.717, 1.165) is 11.3 Å². The van der Waals surface area contributed by atoms with Crippen LogP contribution in [0.2, 0.25) is 0 Å². The van der Waals surface area contributed by atoms with Crippen LogP contribution in [0.3, 0.4) is 0 Å². The number of aromatic nitrogens is 2. The van der Waals surface area contributed by atoms with Gasteiger partial charge in [-0.3, -0.25) is 0 Å². The molecule has 3 heteroatoms. The van der Waals surface area contributed by atoms with Crippen LogP contribution in [0.25, 0.3) is 5.69 Å². The largest absolute Gasteiger partial charge is 0.395 e. The smallest absolute Gasteiger partial charge is 0.0683 e. The molecule has 0 fully saturated rings. The van der Waals surface area contributed by atoms with E-state index in [9.17, 15) is 5.11 Å². The Morgan fingerprint density at radius 2 is 2.00 bits per heavy atom. The molecule has 0 amide bonds. The Morgan fingerprint density at radius 1 is 1.25 bits per heavy atom. The molecule has 0 aliphatic rings. The van der Waals surface area contributed by atoms with Crippen LogP contribution in [-0.4, -0.2) is 21.5 Å². The third-order valence-electron chi connectivity index (χ3n) is 2.78. The van der Waals surface area contributed by atoms with E-state index >= 15 is 0 Å². The van der Waals surface area contributed by atoms with Gasteiger partial charge in [-0.2, -0.15) is 5.10 Å². The Balaban J connectivity index is 2.55. The third kappa shape index (κ3) is 1.86. The highest BCUT2D eigenvalue weighted by molar-refractivity contribution is 5.44. The topological polar surface area (TPSA) is 38.0 Å². The van der Waals surface area contributed by atoms with Crippen molar-refractivity contribution in [2.75, 3.05) is 6.61 Å². The van der Waals surface area contributed by atoms with Gasteiger partial charge in [-0.05, 0) is 17.7 Å². The van der Waals surface area contributed by atoms with Gasteiger partial charge in [0.1, 0.15) is 0 Å². The summed E-state index contributed by atoms with van der Waals surface area (Å²) in [5.74, 6) is 0. The predicted octanol–water partition coefficient (Wildman–Crippen LogP) is 2.14. The summed E-state index contributed by atoms with van der Waals surface area (Å²) >= 11 is 0. The monoisotopic (exact) mass is 216 g/mol. The second-order valence-corrected chi connectivity index (χ2v) is 4.51. The van der Waals surface area contributed by atoms with Crippen molar-refractivity contribution >= 4 is 0 Å². The van der Waals surface area contributed by atoms with Gasteiger partial charge < -0.3 is 5.11 Å². The Bertz CT molecular complexity index is 461. The Hall–Kier alpha value is -1.61. The van der Waals surface area contributed by atoms with Gasteiger partial charge in [0, 0.05) is 17.8 Å². The van der Waals surface area contributed by atoms with Crippen LogP contribution >= 0.6 is 0 Å². The van der Waals surface area contributed by atoms with Gasteiger partial charge in [-0.1, -0.05) is 32.0 Å². The molecule has 0 saturated heterocycles. The van der Waals surface area contributed by atoms with Gasteiger partial charge in [-0.25, -0.2) is 4.68 Å². The molecule has 2 aromatic rings. The van der Waals surface area contributed by atoms with Gasteiger partial charge in [-0.15, -0.1) is 0 Å². The fourth-order valence-electron chi connectivity index (χ4n) is 1.74. The van der Waals surface area contributed by atoms with E-state index in [0.29, 0.717) is 0 Å². The zero-order valence-corrected chi connectivity index (χ0v) is 9.59. The number of rotatable bonds is 3. The van der Waals surface area contributed by atoms with Crippen LogP contribution in [0, 0.1) is 0 Å². The summed E-state index contributed by atoms with van der Waals surface area (Å²) in [6.07, 6.45) is 3.66. The number of aliphatic hydroxyl groups excluding tert-OH is 1. The zero-order chi connectivity index (χ0) is 11.6. The SMILES string of the molecule is CC(C)(CO)c1ccccc1-n1cccn1. The molecule has 0 radical (unpaired) electrons. The van der Waals surface area contributed by atoms with Crippen LogP contribution in [0.15, 0.2) is 42.7 Å². The lowest BCUT2D eigenvalue weighted by molar-refractivity contribution is 0.218. The summed E-state index contributed by atoms with van der Waals surface area (Å²) in [6, 6.07) is 9.91. The zero-order valence-electron chi connectivity index (χ0n) is 9.59. The van der Waals surface area contributed by atoms with Crippen molar-refractivity contribution in [3.05, 3.63) is 48.3 Å². The molecule has 1 N–H and O–H groups in total. The molecule has 1 aromatic carbocycles. The fraction of sp³-hybridized carbons (Fsp3) is 0.308. The van der Waals surface area contributed by atoms with Crippen LogP contribution in [0.1, 0.15) is 19.4 Å². The first kappa shape index (κ1) is 10.9. The quantitative estimate of drug-likeness (QED) is 0.853. The first-order chi connectivity index (χ1) is 7.65. The van der Waals surface area contributed by atoms with Crippen molar-refractivity contribution < 1.29 is 5.11 Å². The molecule has 0 unspecified atom stereocenters. The van der Waals surface area contributed by atoms with E-state index in [-0.39, 0.29) is 12.0 Å². The highest BCUT2D eigenvalue weighted by Gasteiger charge is 2.23. The molecule has 0 spiro atoms. The number of aliphatic hydroxyl groups is 1. The summed E-state index contributed by atoms with van der Waals surface area (Å²) in [5.41, 5.74) is 1.86. The molecule has 3 nitrogen and oxygen atoms in total. The molecule has 0 bridgehead atoms. The maximum atomic E-state index is 9.44. The minimum atomic E-state index is -0.261. The molecule has 0 saturated carbocycles. The van der Waals surface area contributed by atoms with E-state index in [1.165, 1.54) is 0 Å². The standard InChI is InChI=1S/C13H16N2O/c1-13(2,10-16)11-6-3-4-7-12(11)15-9-5-8-14-15/h3-9,16H,10H2,1-2H3. The summed E-state index contributed by atoms with van der Waals surface area (Å²) in [7, 11) is 0. The number of benzene rings is 1. The number of para-hydroxylation sites is 1. The number of hydrogen-bond donors (Lipinski definition) is 1. The van der Waals surface area contributed by atoms with Crippen molar-refractivity contribution in [3.63, 3.8) is 0 Å². The maximum absolute atomic E-state index is 9.44. The summed E-state index contributed by atoms with van der Waals surface area (Å²) in [5, 5.41) is 13.7. The summed E-state index contributed by atoms with van der Waals surface area (Å²) < 4.78 is 1.83. The summed E-state index contributed by atoms with van der Waals surface area (Å²) in [6.45, 7) is 4.16. The number of hydrogen-bond acceptors (Lipinski definition) is 2. The van der Waals surface area contributed by atoms with Crippen LogP contribution in [-0.2, 0) is 5.41 Å². The fourth-order valence-corrected chi connectivity index (χ4v) is 1.74. The lowest BCUT2D eigenvalue weighted by Crippen LogP contribution is -2.24. The number of nitrogens with zero attached hydrogens (tertiary/aromatic N) is 2. The highest BCUT2D eigenvalue weighted by Crippen LogP contribution is 2.27. The molecular formula is C13H16N2O. The van der Waals surface area contributed by atoms with Gasteiger partial charge in [0.15, 0.2) is 0 Å². The molecule has 0 aliphatic heterocycles. The van der Waals surface area contributed by atoms with E-state index in [2.05, 4.69) is 5.10 Å². The minimum Gasteiger partial charge on any atom is -0.395 e. The molecule has 16 heavy (non-hydrogen) atoms. The van der Waals surface area contributed by atoms with Gasteiger partial charge >= 0.3 is 0 Å². The molecule has 0 aliphatic carbocycles. The second kappa shape index (κ2) is 4.10. The minimum absolute atomic E-state index is 0.116.